The average molecular weight is 318 g/mol. The second kappa shape index (κ2) is 6.15. The summed E-state index contributed by atoms with van der Waals surface area (Å²) in [6.45, 7) is 4.86. The molecule has 1 fully saturated rings. The molecule has 1 saturated heterocycles. The van der Waals surface area contributed by atoms with Crippen molar-refractivity contribution in [2.45, 2.75) is 37.4 Å². The second-order valence-electron chi connectivity index (χ2n) is 4.86. The van der Waals surface area contributed by atoms with Crippen LogP contribution in [0.15, 0.2) is 4.34 Å². The predicted molar refractivity (Wildman–Crippen MR) is 76.0 cm³/mol. The van der Waals surface area contributed by atoms with Crippen LogP contribution in [-0.4, -0.2) is 41.9 Å². The van der Waals surface area contributed by atoms with Crippen molar-refractivity contribution in [3.63, 3.8) is 0 Å². The number of aromatic nitrogens is 2. The number of sulfonamides is 1. The zero-order chi connectivity index (χ0) is 14.8. The highest BCUT2D eigenvalue weighted by Gasteiger charge is 2.31. The summed E-state index contributed by atoms with van der Waals surface area (Å²) in [7, 11) is -3.58. The van der Waals surface area contributed by atoms with E-state index in [0.29, 0.717) is 25.4 Å². The summed E-state index contributed by atoms with van der Waals surface area (Å²) in [5, 5.41) is 10.1. The first-order chi connectivity index (χ1) is 9.43. The highest BCUT2D eigenvalue weighted by molar-refractivity contribution is 7.91. The molecule has 0 bridgehead atoms. The SMILES string of the molecule is CCC(=O)Nc1nnc(S(=O)(=O)N2CCC(C)CC2)s1. The molecule has 9 heteroatoms. The van der Waals surface area contributed by atoms with E-state index in [1.165, 1.54) is 4.31 Å². The van der Waals surface area contributed by atoms with Gasteiger partial charge in [-0.2, -0.15) is 4.31 Å². The molecule has 0 spiro atoms. The summed E-state index contributed by atoms with van der Waals surface area (Å²) >= 11 is 0.894. The molecule has 1 N–H and O–H groups in total. The summed E-state index contributed by atoms with van der Waals surface area (Å²) in [5.74, 6) is 0.340. The van der Waals surface area contributed by atoms with E-state index in [1.807, 2.05) is 0 Å². The Morgan fingerprint density at radius 2 is 2.05 bits per heavy atom. The number of hydrogen-bond donors (Lipinski definition) is 1. The summed E-state index contributed by atoms with van der Waals surface area (Å²) in [6, 6.07) is 0. The van der Waals surface area contributed by atoms with Crippen LogP contribution in [0, 0.1) is 5.92 Å². The fourth-order valence-electron chi connectivity index (χ4n) is 1.91. The molecule has 1 aliphatic rings. The van der Waals surface area contributed by atoms with Crippen LogP contribution in [0.25, 0.3) is 0 Å². The van der Waals surface area contributed by atoms with Gasteiger partial charge in [0.05, 0.1) is 0 Å². The lowest BCUT2D eigenvalue weighted by Crippen LogP contribution is -2.37. The number of anilines is 1. The van der Waals surface area contributed by atoms with Crippen molar-refractivity contribution in [1.82, 2.24) is 14.5 Å². The molecule has 20 heavy (non-hydrogen) atoms. The molecular weight excluding hydrogens is 300 g/mol. The van der Waals surface area contributed by atoms with E-state index in [-0.39, 0.29) is 15.4 Å². The maximum atomic E-state index is 12.4. The Labute approximate surface area is 122 Å². The molecule has 1 aliphatic heterocycles. The minimum atomic E-state index is -3.58. The van der Waals surface area contributed by atoms with E-state index in [0.717, 1.165) is 24.2 Å². The third-order valence-electron chi connectivity index (χ3n) is 3.28. The summed E-state index contributed by atoms with van der Waals surface area (Å²) in [6.07, 6.45) is 2.03. The predicted octanol–water partition coefficient (Wildman–Crippen LogP) is 1.31. The third kappa shape index (κ3) is 3.33. The number of amides is 1. The maximum Gasteiger partial charge on any atom is 0.272 e. The van der Waals surface area contributed by atoms with Crippen molar-refractivity contribution in [3.05, 3.63) is 0 Å². The van der Waals surface area contributed by atoms with Gasteiger partial charge in [-0.15, -0.1) is 10.2 Å². The molecule has 2 heterocycles. The minimum Gasteiger partial charge on any atom is -0.301 e. The number of piperidine rings is 1. The van der Waals surface area contributed by atoms with Gasteiger partial charge in [-0.25, -0.2) is 8.42 Å². The van der Waals surface area contributed by atoms with E-state index in [2.05, 4.69) is 22.4 Å². The van der Waals surface area contributed by atoms with Gasteiger partial charge in [0.25, 0.3) is 10.0 Å². The first-order valence-electron chi connectivity index (χ1n) is 6.57. The van der Waals surface area contributed by atoms with Gasteiger partial charge in [0.15, 0.2) is 0 Å². The molecule has 0 unspecified atom stereocenters. The van der Waals surface area contributed by atoms with Gasteiger partial charge in [-0.1, -0.05) is 25.2 Å². The van der Waals surface area contributed by atoms with Crippen LogP contribution in [0.2, 0.25) is 0 Å². The van der Waals surface area contributed by atoms with Crippen LogP contribution in [0.3, 0.4) is 0 Å². The lowest BCUT2D eigenvalue weighted by Gasteiger charge is -2.28. The van der Waals surface area contributed by atoms with Gasteiger partial charge >= 0.3 is 0 Å². The van der Waals surface area contributed by atoms with Crippen LogP contribution in [0.1, 0.15) is 33.1 Å². The Hall–Kier alpha value is -1.06. The average Bonchev–Trinajstić information content (AvgIpc) is 2.88. The van der Waals surface area contributed by atoms with E-state index < -0.39 is 10.0 Å². The topological polar surface area (TPSA) is 92.3 Å². The lowest BCUT2D eigenvalue weighted by molar-refractivity contribution is -0.115. The first kappa shape index (κ1) is 15.3. The summed E-state index contributed by atoms with van der Waals surface area (Å²) in [5.41, 5.74) is 0. The van der Waals surface area contributed by atoms with Crippen LogP contribution < -0.4 is 5.32 Å². The van der Waals surface area contributed by atoms with Crippen LogP contribution in [-0.2, 0) is 14.8 Å². The van der Waals surface area contributed by atoms with Crippen molar-refractivity contribution >= 4 is 32.4 Å². The molecular formula is C11H18N4O3S2. The minimum absolute atomic E-state index is 0.0570. The molecule has 1 aromatic rings. The third-order valence-corrected chi connectivity index (χ3v) is 6.36. The number of nitrogens with one attached hydrogen (secondary N) is 1. The van der Waals surface area contributed by atoms with Gasteiger partial charge in [0, 0.05) is 19.5 Å². The van der Waals surface area contributed by atoms with E-state index in [4.69, 9.17) is 0 Å². The Morgan fingerprint density at radius 1 is 1.40 bits per heavy atom. The molecule has 0 aromatic carbocycles. The monoisotopic (exact) mass is 318 g/mol. The van der Waals surface area contributed by atoms with Crippen LogP contribution in [0.5, 0.6) is 0 Å². The smallest absolute Gasteiger partial charge is 0.272 e. The first-order valence-corrected chi connectivity index (χ1v) is 8.82. The van der Waals surface area contributed by atoms with E-state index in [9.17, 15) is 13.2 Å². The molecule has 0 saturated carbocycles. The van der Waals surface area contributed by atoms with Crippen molar-refractivity contribution in [3.8, 4) is 0 Å². The molecule has 1 amide bonds. The van der Waals surface area contributed by atoms with E-state index in [1.54, 1.807) is 6.92 Å². The fraction of sp³-hybridized carbons (Fsp3) is 0.727. The van der Waals surface area contributed by atoms with Gasteiger partial charge in [-0.3, -0.25) is 4.79 Å². The van der Waals surface area contributed by atoms with Gasteiger partial charge < -0.3 is 5.32 Å². The Kier molecular flexibility index (Phi) is 4.71. The normalized spacial score (nSPS) is 18.1. The number of nitrogens with zero attached hydrogens (tertiary/aromatic N) is 3. The molecule has 1 aromatic heterocycles. The summed E-state index contributed by atoms with van der Waals surface area (Å²) in [4.78, 5) is 11.2. The standard InChI is InChI=1S/C11H18N4O3S2/c1-3-9(16)12-10-13-14-11(19-10)20(17,18)15-6-4-8(2)5-7-15/h8H,3-7H2,1-2H3,(H,12,13,16). The Bertz CT molecular complexity index is 576. The van der Waals surface area contributed by atoms with E-state index >= 15 is 0 Å². The zero-order valence-corrected chi connectivity index (χ0v) is 13.1. The van der Waals surface area contributed by atoms with Gasteiger partial charge in [0.1, 0.15) is 0 Å². The second-order valence-corrected chi connectivity index (χ2v) is 7.95. The lowest BCUT2D eigenvalue weighted by atomic mass is 10.0. The largest absolute Gasteiger partial charge is 0.301 e. The zero-order valence-electron chi connectivity index (χ0n) is 11.5. The van der Waals surface area contributed by atoms with Crippen molar-refractivity contribution in [1.29, 1.82) is 0 Å². The molecule has 2 rings (SSSR count). The van der Waals surface area contributed by atoms with Crippen molar-refractivity contribution in [2.24, 2.45) is 5.92 Å². The van der Waals surface area contributed by atoms with Gasteiger partial charge in [-0.05, 0) is 18.8 Å². The quantitative estimate of drug-likeness (QED) is 0.845. The molecule has 0 radical (unpaired) electrons. The Morgan fingerprint density at radius 3 is 2.65 bits per heavy atom. The molecule has 0 atom stereocenters. The van der Waals surface area contributed by atoms with Crippen molar-refractivity contribution < 1.29 is 13.2 Å². The number of hydrogen-bond acceptors (Lipinski definition) is 6. The number of carbonyl (C=O) groups is 1. The number of rotatable bonds is 4. The molecule has 0 aliphatic carbocycles. The molecule has 7 nitrogen and oxygen atoms in total. The number of carbonyl (C=O) groups excluding carboxylic acids is 1. The molecule has 112 valence electrons. The summed E-state index contributed by atoms with van der Waals surface area (Å²) < 4.78 is 26.2. The van der Waals surface area contributed by atoms with Crippen molar-refractivity contribution in [2.75, 3.05) is 18.4 Å². The Balaban J connectivity index is 2.12. The van der Waals surface area contributed by atoms with Crippen LogP contribution in [0.4, 0.5) is 5.13 Å². The van der Waals surface area contributed by atoms with Gasteiger partial charge in [0.2, 0.25) is 15.4 Å². The highest BCUT2D eigenvalue weighted by atomic mass is 32.2. The van der Waals surface area contributed by atoms with Crippen LogP contribution >= 0.6 is 11.3 Å². The highest BCUT2D eigenvalue weighted by Crippen LogP contribution is 2.27. The fourth-order valence-corrected chi connectivity index (χ4v) is 4.43. The maximum absolute atomic E-state index is 12.4.